The number of rotatable bonds is 10. The van der Waals surface area contributed by atoms with Gasteiger partial charge in [0.2, 0.25) is 11.8 Å². The number of para-hydroxylation sites is 1. The molecule has 2 saturated heterocycles. The Balaban J connectivity index is 1.49. The van der Waals surface area contributed by atoms with E-state index in [2.05, 4.69) is 10.8 Å². The summed E-state index contributed by atoms with van der Waals surface area (Å²) in [5.41, 5.74) is 1.52. The number of hydrogen-bond acceptors (Lipinski definition) is 8. The van der Waals surface area contributed by atoms with Crippen molar-refractivity contribution < 1.29 is 22.8 Å². The van der Waals surface area contributed by atoms with Gasteiger partial charge in [-0.1, -0.05) is 25.1 Å². The first-order valence-electron chi connectivity index (χ1n) is 13.5. The molecule has 0 unspecified atom stereocenters. The number of pyridine rings is 1. The molecule has 0 atom stereocenters. The average Bonchev–Trinajstić information content (AvgIpc) is 3.36. The normalized spacial score (nSPS) is 16.1. The summed E-state index contributed by atoms with van der Waals surface area (Å²) >= 11 is 0. The minimum absolute atomic E-state index is 0.0151. The number of anilines is 2. The topological polar surface area (TPSA) is 144 Å². The third kappa shape index (κ3) is 6.42. The minimum Gasteiger partial charge on any atom is -0.355 e. The summed E-state index contributed by atoms with van der Waals surface area (Å²) in [6.07, 6.45) is 2.91. The molecule has 1 aromatic heterocycles. The highest BCUT2D eigenvalue weighted by Gasteiger charge is 2.32. The fourth-order valence-electron chi connectivity index (χ4n) is 5.05. The number of carbonyl (C=O) groups excluding carboxylic acids is 3. The van der Waals surface area contributed by atoms with Crippen LogP contribution in [-0.4, -0.2) is 62.6 Å². The molecule has 40 heavy (non-hydrogen) atoms. The van der Waals surface area contributed by atoms with Gasteiger partial charge in [0, 0.05) is 51.0 Å². The number of amides is 2. The third-order valence-corrected chi connectivity index (χ3v) is 8.76. The first-order chi connectivity index (χ1) is 19.1. The van der Waals surface area contributed by atoms with Crippen molar-refractivity contribution >= 4 is 39.3 Å². The fraction of sp³-hybridized carbons (Fsp3) is 0.464. The van der Waals surface area contributed by atoms with E-state index in [1.54, 1.807) is 41.3 Å². The molecule has 11 nitrogen and oxygen atoms in total. The highest BCUT2D eigenvalue weighted by Crippen LogP contribution is 2.29. The van der Waals surface area contributed by atoms with Gasteiger partial charge < -0.3 is 9.80 Å². The van der Waals surface area contributed by atoms with Crippen molar-refractivity contribution in [3.63, 3.8) is 0 Å². The van der Waals surface area contributed by atoms with Gasteiger partial charge in [-0.05, 0) is 43.9 Å². The SMILES string of the molecule is CCCC(=O)c1cc(C#N)c(N2CCC(C(=O)NS(=O)(=O)N(C)c3ccccc3)CC2)nc1CN1CCCC1=O. The number of nitrogens with one attached hydrogen (secondary N) is 1. The van der Waals surface area contributed by atoms with E-state index in [0.29, 0.717) is 74.5 Å². The van der Waals surface area contributed by atoms with Crippen LogP contribution in [0, 0.1) is 17.2 Å². The molecule has 0 saturated carbocycles. The maximum absolute atomic E-state index is 12.9. The maximum atomic E-state index is 12.9. The molecule has 1 aromatic carbocycles. The third-order valence-electron chi connectivity index (χ3n) is 7.37. The fourth-order valence-corrected chi connectivity index (χ4v) is 6.01. The van der Waals surface area contributed by atoms with E-state index in [1.165, 1.54) is 7.05 Å². The van der Waals surface area contributed by atoms with Gasteiger partial charge in [-0.2, -0.15) is 13.7 Å². The number of nitriles is 1. The molecule has 0 radical (unpaired) electrons. The molecule has 2 fully saturated rings. The van der Waals surface area contributed by atoms with Crippen LogP contribution < -0.4 is 13.9 Å². The number of carbonyl (C=O) groups is 3. The Bertz CT molecular complexity index is 1410. The molecule has 212 valence electrons. The molecule has 12 heteroatoms. The van der Waals surface area contributed by atoms with Crippen LogP contribution in [-0.2, 0) is 26.3 Å². The van der Waals surface area contributed by atoms with Gasteiger partial charge in [0.15, 0.2) is 5.78 Å². The lowest BCUT2D eigenvalue weighted by Gasteiger charge is -2.33. The molecule has 1 N–H and O–H groups in total. The van der Waals surface area contributed by atoms with Crippen LogP contribution in [0.3, 0.4) is 0 Å². The highest BCUT2D eigenvalue weighted by atomic mass is 32.2. The Morgan fingerprint density at radius 2 is 1.88 bits per heavy atom. The van der Waals surface area contributed by atoms with Crippen molar-refractivity contribution in [1.29, 1.82) is 5.26 Å². The van der Waals surface area contributed by atoms with E-state index >= 15 is 0 Å². The zero-order chi connectivity index (χ0) is 28.9. The largest absolute Gasteiger partial charge is 0.355 e. The molecule has 2 aliphatic rings. The van der Waals surface area contributed by atoms with Crippen LogP contribution in [0.2, 0.25) is 0 Å². The molecule has 2 aromatic rings. The van der Waals surface area contributed by atoms with E-state index in [0.717, 1.165) is 10.7 Å². The van der Waals surface area contributed by atoms with E-state index in [9.17, 15) is 28.1 Å². The van der Waals surface area contributed by atoms with Crippen molar-refractivity contribution in [2.75, 3.05) is 35.9 Å². The number of Topliss-reactive ketones (excluding diaryl/α,β-unsaturated/α-hetero) is 1. The van der Waals surface area contributed by atoms with Crippen molar-refractivity contribution in [2.45, 2.75) is 52.0 Å². The molecule has 0 bridgehead atoms. The summed E-state index contributed by atoms with van der Waals surface area (Å²) in [7, 11) is -2.70. The van der Waals surface area contributed by atoms with Crippen molar-refractivity contribution in [2.24, 2.45) is 5.92 Å². The Kier molecular flexibility index (Phi) is 9.04. The molecule has 4 rings (SSSR count). The average molecular weight is 567 g/mol. The van der Waals surface area contributed by atoms with Gasteiger partial charge in [-0.25, -0.2) is 9.71 Å². The van der Waals surface area contributed by atoms with Crippen molar-refractivity contribution in [1.82, 2.24) is 14.6 Å². The number of benzene rings is 1. The predicted molar refractivity (Wildman–Crippen MR) is 150 cm³/mol. The molecule has 0 aliphatic carbocycles. The number of ketones is 1. The van der Waals surface area contributed by atoms with Crippen molar-refractivity contribution in [3.8, 4) is 6.07 Å². The van der Waals surface area contributed by atoms with Gasteiger partial charge >= 0.3 is 10.2 Å². The zero-order valence-electron chi connectivity index (χ0n) is 22.8. The number of hydrogen-bond donors (Lipinski definition) is 1. The second-order valence-corrected chi connectivity index (χ2v) is 11.8. The zero-order valence-corrected chi connectivity index (χ0v) is 23.6. The molecule has 0 spiro atoms. The standard InChI is InChI=1S/C28H34N6O5S/c1-3-8-25(35)23-17-21(18-29)27(30-24(23)19-34-14-7-11-26(34)36)33-15-12-20(13-16-33)28(37)31-40(38,39)32(2)22-9-5-4-6-10-22/h4-6,9-10,17,20H,3,7-8,11-16,19H2,1-2H3,(H,31,37). The van der Waals surface area contributed by atoms with Gasteiger partial charge in [0.05, 0.1) is 23.5 Å². The summed E-state index contributed by atoms with van der Waals surface area (Å²) < 4.78 is 28.8. The Morgan fingerprint density at radius 1 is 1.18 bits per heavy atom. The second kappa shape index (κ2) is 12.5. The minimum atomic E-state index is -4.08. The molecular weight excluding hydrogens is 532 g/mol. The van der Waals surface area contributed by atoms with Crippen molar-refractivity contribution in [3.05, 3.63) is 53.2 Å². The first-order valence-corrected chi connectivity index (χ1v) is 14.9. The molecular formula is C28H34N6O5S. The first kappa shape index (κ1) is 29.0. The summed E-state index contributed by atoms with van der Waals surface area (Å²) in [4.78, 5) is 46.4. The van der Waals surface area contributed by atoms with Gasteiger partial charge in [0.25, 0.3) is 0 Å². The Labute approximate surface area is 235 Å². The van der Waals surface area contributed by atoms with Crippen LogP contribution in [0.1, 0.15) is 67.1 Å². The van der Waals surface area contributed by atoms with Crippen LogP contribution in [0.25, 0.3) is 0 Å². The van der Waals surface area contributed by atoms with Gasteiger partial charge in [-0.15, -0.1) is 0 Å². The summed E-state index contributed by atoms with van der Waals surface area (Å²) in [6.45, 7) is 3.45. The number of likely N-dealkylation sites (tertiary alicyclic amines) is 1. The summed E-state index contributed by atoms with van der Waals surface area (Å²) in [6, 6.07) is 12.2. The maximum Gasteiger partial charge on any atom is 0.325 e. The molecule has 3 heterocycles. The van der Waals surface area contributed by atoms with E-state index in [4.69, 9.17) is 4.98 Å². The van der Waals surface area contributed by atoms with Crippen LogP contribution in [0.4, 0.5) is 11.5 Å². The second-order valence-electron chi connectivity index (χ2n) is 10.1. The van der Waals surface area contributed by atoms with Crippen LogP contribution in [0.15, 0.2) is 36.4 Å². The van der Waals surface area contributed by atoms with E-state index < -0.39 is 22.0 Å². The Hall–Kier alpha value is -3.98. The summed E-state index contributed by atoms with van der Waals surface area (Å²) in [5.74, 6) is -0.803. The monoisotopic (exact) mass is 566 g/mol. The smallest absolute Gasteiger partial charge is 0.325 e. The van der Waals surface area contributed by atoms with Gasteiger partial charge in [-0.3, -0.25) is 18.7 Å². The predicted octanol–water partition coefficient (Wildman–Crippen LogP) is 2.77. The quantitative estimate of drug-likeness (QED) is 0.433. The lowest BCUT2D eigenvalue weighted by molar-refractivity contribution is -0.128. The molecule has 2 aliphatic heterocycles. The number of nitrogens with zero attached hydrogens (tertiary/aromatic N) is 5. The molecule has 2 amide bonds. The van der Waals surface area contributed by atoms with Gasteiger partial charge in [0.1, 0.15) is 11.9 Å². The van der Waals surface area contributed by atoms with Crippen LogP contribution >= 0.6 is 0 Å². The number of aromatic nitrogens is 1. The lowest BCUT2D eigenvalue weighted by atomic mass is 9.95. The van der Waals surface area contributed by atoms with E-state index in [1.807, 2.05) is 11.8 Å². The Morgan fingerprint density at radius 3 is 2.48 bits per heavy atom. The summed E-state index contributed by atoms with van der Waals surface area (Å²) in [5, 5.41) is 9.89. The highest BCUT2D eigenvalue weighted by molar-refractivity contribution is 7.91. The van der Waals surface area contributed by atoms with E-state index in [-0.39, 0.29) is 23.8 Å². The lowest BCUT2D eigenvalue weighted by Crippen LogP contribution is -2.47. The number of piperidine rings is 1. The van der Waals surface area contributed by atoms with Crippen LogP contribution in [0.5, 0.6) is 0 Å².